The second kappa shape index (κ2) is 8.39. The number of carbonyl (C=O) groups excluding carboxylic acids is 1. The van der Waals surface area contributed by atoms with Gasteiger partial charge in [0.2, 0.25) is 9.84 Å². The Kier molecular flexibility index (Phi) is 6.10. The van der Waals surface area contributed by atoms with Crippen LogP contribution in [-0.4, -0.2) is 44.4 Å². The van der Waals surface area contributed by atoms with Crippen LogP contribution >= 0.6 is 11.6 Å². The number of amides is 1. The van der Waals surface area contributed by atoms with Crippen molar-refractivity contribution in [3.63, 3.8) is 0 Å². The van der Waals surface area contributed by atoms with E-state index in [1.807, 2.05) is 13.8 Å². The lowest BCUT2D eigenvalue weighted by atomic mass is 10.1. The molecular weight excluding hydrogens is 412 g/mol. The molecule has 3 rings (SSSR count). The summed E-state index contributed by atoms with van der Waals surface area (Å²) >= 11 is 6.08. The second-order valence-electron chi connectivity index (χ2n) is 6.29. The lowest BCUT2D eigenvalue weighted by Crippen LogP contribution is -2.31. The predicted octanol–water partition coefficient (Wildman–Crippen LogP) is 4.21. The standard InChI is InChI=1S/C21H21ClN2O4S/c1-4-24(5-2)21(25)16-13-23-17-9-7-6-8-15(17)20(16)29(26,27)19-12-14(22)10-11-18(19)28-3/h6-13H,4-5H2,1-3H3. The summed E-state index contributed by atoms with van der Waals surface area (Å²) in [7, 11) is -2.77. The molecule has 2 aromatic carbocycles. The van der Waals surface area contributed by atoms with Crippen molar-refractivity contribution in [2.45, 2.75) is 23.6 Å². The third kappa shape index (κ3) is 3.80. The first-order chi connectivity index (χ1) is 13.8. The highest BCUT2D eigenvalue weighted by atomic mass is 35.5. The molecule has 0 saturated heterocycles. The summed E-state index contributed by atoms with van der Waals surface area (Å²) in [5.74, 6) is -0.246. The summed E-state index contributed by atoms with van der Waals surface area (Å²) in [6, 6.07) is 11.2. The van der Waals surface area contributed by atoms with Crippen molar-refractivity contribution in [3.8, 4) is 5.75 Å². The lowest BCUT2D eigenvalue weighted by Gasteiger charge is -2.21. The average molecular weight is 433 g/mol. The van der Waals surface area contributed by atoms with Crippen LogP contribution in [0.5, 0.6) is 5.75 Å². The van der Waals surface area contributed by atoms with Gasteiger partial charge in [-0.3, -0.25) is 9.78 Å². The molecule has 0 atom stereocenters. The van der Waals surface area contributed by atoms with E-state index >= 15 is 0 Å². The maximum absolute atomic E-state index is 13.8. The second-order valence-corrected chi connectivity index (χ2v) is 8.59. The summed E-state index contributed by atoms with van der Waals surface area (Å²) in [5.41, 5.74) is 0.498. The van der Waals surface area contributed by atoms with Crippen molar-refractivity contribution in [3.05, 3.63) is 59.2 Å². The van der Waals surface area contributed by atoms with Crippen LogP contribution in [0.25, 0.3) is 10.9 Å². The maximum Gasteiger partial charge on any atom is 0.256 e. The van der Waals surface area contributed by atoms with Crippen LogP contribution < -0.4 is 4.74 Å². The number of hydrogen-bond donors (Lipinski definition) is 0. The number of ether oxygens (including phenoxy) is 1. The topological polar surface area (TPSA) is 76.6 Å². The van der Waals surface area contributed by atoms with Gasteiger partial charge in [-0.2, -0.15) is 0 Å². The Morgan fingerprint density at radius 2 is 1.83 bits per heavy atom. The number of pyridine rings is 1. The number of aromatic nitrogens is 1. The Labute approximate surface area is 175 Å². The van der Waals surface area contributed by atoms with Gasteiger partial charge >= 0.3 is 0 Å². The van der Waals surface area contributed by atoms with E-state index < -0.39 is 15.7 Å². The van der Waals surface area contributed by atoms with E-state index in [1.54, 1.807) is 35.2 Å². The highest BCUT2D eigenvalue weighted by molar-refractivity contribution is 7.92. The lowest BCUT2D eigenvalue weighted by molar-refractivity contribution is 0.0769. The maximum atomic E-state index is 13.8. The summed E-state index contributed by atoms with van der Waals surface area (Å²) in [6.45, 7) is 4.57. The smallest absolute Gasteiger partial charge is 0.256 e. The van der Waals surface area contributed by atoms with Crippen LogP contribution in [0, 0.1) is 0 Å². The third-order valence-corrected chi connectivity index (χ3v) is 6.80. The molecular formula is C21H21ClN2O4S. The fraction of sp³-hybridized carbons (Fsp3) is 0.238. The summed E-state index contributed by atoms with van der Waals surface area (Å²) in [4.78, 5) is 18.8. The molecule has 1 amide bonds. The number of methoxy groups -OCH3 is 1. The molecule has 0 fully saturated rings. The molecule has 1 heterocycles. The molecule has 6 nitrogen and oxygen atoms in total. The van der Waals surface area contributed by atoms with Crippen molar-refractivity contribution in [2.24, 2.45) is 0 Å². The van der Waals surface area contributed by atoms with Gasteiger partial charge in [0.1, 0.15) is 10.6 Å². The number of para-hydroxylation sites is 1. The number of carbonyl (C=O) groups is 1. The Bertz CT molecular complexity index is 1170. The molecule has 0 bridgehead atoms. The quantitative estimate of drug-likeness (QED) is 0.583. The van der Waals surface area contributed by atoms with Gasteiger partial charge in [0.25, 0.3) is 5.91 Å². The van der Waals surface area contributed by atoms with Crippen molar-refractivity contribution in [1.29, 1.82) is 0 Å². The van der Waals surface area contributed by atoms with Crippen molar-refractivity contribution < 1.29 is 17.9 Å². The Morgan fingerprint density at radius 1 is 1.14 bits per heavy atom. The number of hydrogen-bond acceptors (Lipinski definition) is 5. The minimum absolute atomic E-state index is 0.0226. The third-order valence-electron chi connectivity index (χ3n) is 4.69. The number of nitrogens with zero attached hydrogens (tertiary/aromatic N) is 2. The minimum atomic E-state index is -4.15. The Hall–Kier alpha value is -2.64. The van der Waals surface area contributed by atoms with Gasteiger partial charge < -0.3 is 9.64 Å². The predicted molar refractivity (Wildman–Crippen MR) is 112 cm³/mol. The number of halogens is 1. The van der Waals surface area contributed by atoms with E-state index in [4.69, 9.17) is 16.3 Å². The van der Waals surface area contributed by atoms with E-state index in [2.05, 4.69) is 4.98 Å². The highest BCUT2D eigenvalue weighted by Crippen LogP contribution is 2.36. The van der Waals surface area contributed by atoms with E-state index in [0.717, 1.165) is 0 Å². The zero-order valence-electron chi connectivity index (χ0n) is 16.3. The number of fused-ring (bicyclic) bond motifs is 1. The van der Waals surface area contributed by atoms with Gasteiger partial charge in [0, 0.05) is 29.7 Å². The van der Waals surface area contributed by atoms with Crippen LogP contribution in [0.4, 0.5) is 0 Å². The molecule has 1 aromatic heterocycles. The van der Waals surface area contributed by atoms with Gasteiger partial charge in [-0.25, -0.2) is 8.42 Å². The van der Waals surface area contributed by atoms with Crippen LogP contribution in [0.1, 0.15) is 24.2 Å². The van der Waals surface area contributed by atoms with E-state index in [-0.39, 0.29) is 26.1 Å². The number of rotatable bonds is 6. The molecule has 0 saturated carbocycles. The van der Waals surface area contributed by atoms with Gasteiger partial charge in [-0.1, -0.05) is 29.8 Å². The van der Waals surface area contributed by atoms with Crippen LogP contribution in [0.15, 0.2) is 58.5 Å². The minimum Gasteiger partial charge on any atom is -0.495 e. The van der Waals surface area contributed by atoms with Crippen LogP contribution in [-0.2, 0) is 9.84 Å². The molecule has 29 heavy (non-hydrogen) atoms. The Balaban J connectivity index is 2.39. The molecule has 0 aliphatic rings. The number of sulfone groups is 1. The normalized spacial score (nSPS) is 11.4. The summed E-state index contributed by atoms with van der Waals surface area (Å²) in [6.07, 6.45) is 1.33. The first-order valence-corrected chi connectivity index (χ1v) is 11.0. The van der Waals surface area contributed by atoms with Crippen molar-refractivity contribution >= 4 is 38.2 Å². The van der Waals surface area contributed by atoms with Crippen LogP contribution in [0.3, 0.4) is 0 Å². The van der Waals surface area contributed by atoms with Gasteiger partial charge in [-0.05, 0) is 38.1 Å². The Morgan fingerprint density at radius 3 is 2.48 bits per heavy atom. The molecule has 0 unspecified atom stereocenters. The molecule has 152 valence electrons. The monoisotopic (exact) mass is 432 g/mol. The first-order valence-electron chi connectivity index (χ1n) is 9.10. The molecule has 0 aliphatic carbocycles. The van der Waals surface area contributed by atoms with E-state index in [9.17, 15) is 13.2 Å². The van der Waals surface area contributed by atoms with Gasteiger partial charge in [0.05, 0.1) is 23.1 Å². The molecule has 3 aromatic rings. The largest absolute Gasteiger partial charge is 0.495 e. The summed E-state index contributed by atoms with van der Waals surface area (Å²) in [5, 5.41) is 0.617. The van der Waals surface area contributed by atoms with Gasteiger partial charge in [0.15, 0.2) is 0 Å². The molecule has 8 heteroatoms. The van der Waals surface area contributed by atoms with Crippen molar-refractivity contribution in [2.75, 3.05) is 20.2 Å². The van der Waals surface area contributed by atoms with Gasteiger partial charge in [-0.15, -0.1) is 0 Å². The zero-order valence-corrected chi connectivity index (χ0v) is 17.9. The SMILES string of the molecule is CCN(CC)C(=O)c1cnc2ccccc2c1S(=O)(=O)c1cc(Cl)ccc1OC. The first kappa shape index (κ1) is 21.1. The zero-order chi connectivity index (χ0) is 21.2. The molecule has 0 spiro atoms. The fourth-order valence-electron chi connectivity index (χ4n) is 3.21. The highest BCUT2D eigenvalue weighted by Gasteiger charge is 2.31. The van der Waals surface area contributed by atoms with E-state index in [0.29, 0.717) is 24.0 Å². The fourth-order valence-corrected chi connectivity index (χ4v) is 5.26. The van der Waals surface area contributed by atoms with Crippen LogP contribution in [0.2, 0.25) is 5.02 Å². The van der Waals surface area contributed by atoms with Crippen molar-refractivity contribution in [1.82, 2.24) is 9.88 Å². The number of benzene rings is 2. The summed E-state index contributed by atoms with van der Waals surface area (Å²) < 4.78 is 32.8. The average Bonchev–Trinajstić information content (AvgIpc) is 2.73. The molecule has 0 N–H and O–H groups in total. The van der Waals surface area contributed by atoms with E-state index in [1.165, 1.54) is 25.4 Å². The molecule has 0 radical (unpaired) electrons. The molecule has 0 aliphatic heterocycles.